The fourth-order valence-electron chi connectivity index (χ4n) is 1.39. The maximum absolute atomic E-state index is 5.76. The number of nitrogens with zero attached hydrogens (tertiary/aromatic N) is 4. The highest BCUT2D eigenvalue weighted by atomic mass is 79.9. The lowest BCUT2D eigenvalue weighted by Gasteiger charge is -1.95. The first-order valence-corrected chi connectivity index (χ1v) is 6.13. The van der Waals surface area contributed by atoms with Crippen molar-refractivity contribution < 1.29 is 0 Å². The Morgan fingerprint density at radius 1 is 1.38 bits per heavy atom. The Hall–Kier alpha value is -1.47. The smallest absolute Gasteiger partial charge is 0.198 e. The van der Waals surface area contributed by atoms with Gasteiger partial charge in [-0.3, -0.25) is 0 Å². The highest BCUT2D eigenvalue weighted by Crippen LogP contribution is 2.23. The Balaban J connectivity index is 2.27. The van der Waals surface area contributed by atoms with Crippen LogP contribution in [0, 0.1) is 0 Å². The van der Waals surface area contributed by atoms with Gasteiger partial charge in [-0.15, -0.1) is 16.4 Å². The van der Waals surface area contributed by atoms with E-state index in [1.165, 1.54) is 0 Å². The van der Waals surface area contributed by atoms with Gasteiger partial charge >= 0.3 is 0 Å². The van der Waals surface area contributed by atoms with Crippen LogP contribution >= 0.6 is 27.3 Å². The molecule has 0 aromatic carbocycles. The molecule has 0 atom stereocenters. The van der Waals surface area contributed by atoms with Crippen LogP contribution in [0.15, 0.2) is 28.3 Å². The SMILES string of the molecule is Nc1nc(Br)cn2nc(-c3cccs3)nc12. The standard InChI is InChI=1S/C9H6BrN5S/c10-6-4-15-9(7(11)12-6)13-8(14-15)5-2-1-3-16-5/h1-4H,(H2,11,12). The summed E-state index contributed by atoms with van der Waals surface area (Å²) < 4.78 is 2.27. The number of thiophene rings is 1. The summed E-state index contributed by atoms with van der Waals surface area (Å²) >= 11 is 4.85. The van der Waals surface area contributed by atoms with Gasteiger partial charge in [-0.25, -0.2) is 14.5 Å². The van der Waals surface area contributed by atoms with E-state index in [1.54, 1.807) is 22.0 Å². The van der Waals surface area contributed by atoms with Crippen LogP contribution in [0.1, 0.15) is 0 Å². The van der Waals surface area contributed by atoms with Gasteiger partial charge in [-0.2, -0.15) is 0 Å². The van der Waals surface area contributed by atoms with E-state index >= 15 is 0 Å². The third kappa shape index (κ3) is 1.48. The number of nitrogens with two attached hydrogens (primary N) is 1. The Morgan fingerprint density at radius 2 is 2.25 bits per heavy atom. The van der Waals surface area contributed by atoms with Crippen molar-refractivity contribution in [2.75, 3.05) is 5.73 Å². The molecule has 0 saturated heterocycles. The number of aromatic nitrogens is 4. The number of hydrogen-bond acceptors (Lipinski definition) is 5. The topological polar surface area (TPSA) is 69.1 Å². The number of halogens is 1. The fourth-order valence-corrected chi connectivity index (χ4v) is 2.43. The second-order valence-corrected chi connectivity index (χ2v) is 4.89. The molecule has 3 aromatic heterocycles. The molecule has 5 nitrogen and oxygen atoms in total. The lowest BCUT2D eigenvalue weighted by atomic mass is 10.4. The van der Waals surface area contributed by atoms with E-state index in [1.807, 2.05) is 17.5 Å². The zero-order valence-corrected chi connectivity index (χ0v) is 10.4. The van der Waals surface area contributed by atoms with E-state index in [0.717, 1.165) is 4.88 Å². The molecule has 0 aliphatic carbocycles. The normalized spacial score (nSPS) is 11.1. The van der Waals surface area contributed by atoms with Gasteiger partial charge in [0.2, 0.25) is 0 Å². The molecule has 0 amide bonds. The van der Waals surface area contributed by atoms with Gasteiger partial charge in [0.05, 0.1) is 11.1 Å². The average molecular weight is 296 g/mol. The van der Waals surface area contributed by atoms with Crippen molar-refractivity contribution in [1.29, 1.82) is 0 Å². The summed E-state index contributed by atoms with van der Waals surface area (Å²) in [7, 11) is 0. The minimum Gasteiger partial charge on any atom is -0.381 e. The van der Waals surface area contributed by atoms with E-state index in [9.17, 15) is 0 Å². The lowest BCUT2D eigenvalue weighted by molar-refractivity contribution is 0.945. The van der Waals surface area contributed by atoms with Crippen LogP contribution in [0.3, 0.4) is 0 Å². The van der Waals surface area contributed by atoms with Crippen molar-refractivity contribution in [1.82, 2.24) is 19.6 Å². The van der Waals surface area contributed by atoms with Crippen LogP contribution in [0.2, 0.25) is 0 Å². The Kier molecular flexibility index (Phi) is 2.15. The molecule has 0 aliphatic heterocycles. The summed E-state index contributed by atoms with van der Waals surface area (Å²) in [6.07, 6.45) is 1.73. The van der Waals surface area contributed by atoms with E-state index in [0.29, 0.717) is 21.9 Å². The third-order valence-electron chi connectivity index (χ3n) is 2.06. The van der Waals surface area contributed by atoms with E-state index < -0.39 is 0 Å². The van der Waals surface area contributed by atoms with Crippen molar-refractivity contribution in [2.45, 2.75) is 0 Å². The van der Waals surface area contributed by atoms with Crippen LogP contribution in [0.5, 0.6) is 0 Å². The molecule has 16 heavy (non-hydrogen) atoms. The molecule has 3 rings (SSSR count). The summed E-state index contributed by atoms with van der Waals surface area (Å²) in [5.41, 5.74) is 6.34. The van der Waals surface area contributed by atoms with Gasteiger partial charge in [0, 0.05) is 0 Å². The highest BCUT2D eigenvalue weighted by Gasteiger charge is 2.10. The van der Waals surface area contributed by atoms with E-state index in [-0.39, 0.29) is 0 Å². The molecule has 0 saturated carbocycles. The molecule has 3 heterocycles. The molecule has 3 aromatic rings. The van der Waals surface area contributed by atoms with E-state index in [4.69, 9.17) is 5.73 Å². The highest BCUT2D eigenvalue weighted by molar-refractivity contribution is 9.10. The van der Waals surface area contributed by atoms with Crippen LogP contribution in [-0.4, -0.2) is 19.6 Å². The molecule has 0 fully saturated rings. The first kappa shape index (κ1) is 9.73. The molecular weight excluding hydrogens is 290 g/mol. The van der Waals surface area contributed by atoms with Crippen molar-refractivity contribution in [2.24, 2.45) is 0 Å². The number of rotatable bonds is 1. The van der Waals surface area contributed by atoms with Crippen molar-refractivity contribution >= 4 is 38.7 Å². The fraction of sp³-hybridized carbons (Fsp3) is 0. The summed E-state index contributed by atoms with van der Waals surface area (Å²) in [6, 6.07) is 3.93. The predicted molar refractivity (Wildman–Crippen MR) is 66.2 cm³/mol. The minimum atomic E-state index is 0.365. The zero-order valence-electron chi connectivity index (χ0n) is 7.96. The van der Waals surface area contributed by atoms with Crippen LogP contribution in [0.4, 0.5) is 5.82 Å². The van der Waals surface area contributed by atoms with Crippen LogP contribution in [-0.2, 0) is 0 Å². The van der Waals surface area contributed by atoms with Gasteiger partial charge < -0.3 is 5.73 Å². The van der Waals surface area contributed by atoms with Crippen molar-refractivity contribution in [3.8, 4) is 10.7 Å². The summed E-state index contributed by atoms with van der Waals surface area (Å²) in [5, 5.41) is 6.33. The van der Waals surface area contributed by atoms with Gasteiger partial charge in [-0.05, 0) is 27.4 Å². The average Bonchev–Trinajstić information content (AvgIpc) is 2.82. The lowest BCUT2D eigenvalue weighted by Crippen LogP contribution is -1.97. The largest absolute Gasteiger partial charge is 0.381 e. The quantitative estimate of drug-likeness (QED) is 0.747. The van der Waals surface area contributed by atoms with Gasteiger partial charge in [-0.1, -0.05) is 6.07 Å². The first-order valence-electron chi connectivity index (χ1n) is 4.46. The first-order chi connectivity index (χ1) is 7.74. The van der Waals surface area contributed by atoms with Crippen LogP contribution in [0.25, 0.3) is 16.3 Å². The molecule has 0 aliphatic rings. The number of anilines is 1. The molecule has 0 radical (unpaired) electrons. The summed E-state index contributed by atoms with van der Waals surface area (Å²) in [5.74, 6) is 1.03. The van der Waals surface area contributed by atoms with E-state index in [2.05, 4.69) is 31.0 Å². The molecule has 7 heteroatoms. The maximum atomic E-state index is 5.76. The number of hydrogen-bond donors (Lipinski definition) is 1. The number of fused-ring (bicyclic) bond motifs is 1. The molecule has 0 unspecified atom stereocenters. The predicted octanol–water partition coefficient (Wildman–Crippen LogP) is 2.20. The number of nitrogen functional groups attached to an aromatic ring is 1. The van der Waals surface area contributed by atoms with Crippen molar-refractivity contribution in [3.63, 3.8) is 0 Å². The van der Waals surface area contributed by atoms with Crippen LogP contribution < -0.4 is 5.73 Å². The molecule has 0 bridgehead atoms. The van der Waals surface area contributed by atoms with Crippen molar-refractivity contribution in [3.05, 3.63) is 28.3 Å². The molecule has 0 spiro atoms. The molecular formula is C9H6BrN5S. The Morgan fingerprint density at radius 3 is 3.00 bits per heavy atom. The van der Waals surface area contributed by atoms with Gasteiger partial charge in [0.25, 0.3) is 0 Å². The second-order valence-electron chi connectivity index (χ2n) is 3.13. The second kappa shape index (κ2) is 3.53. The minimum absolute atomic E-state index is 0.365. The summed E-state index contributed by atoms with van der Waals surface area (Å²) in [4.78, 5) is 9.43. The monoisotopic (exact) mass is 295 g/mol. The van der Waals surface area contributed by atoms with Gasteiger partial charge in [0.1, 0.15) is 4.60 Å². The third-order valence-corrected chi connectivity index (χ3v) is 3.31. The Bertz CT molecular complexity index is 645. The zero-order chi connectivity index (χ0) is 11.1. The Labute approximate surface area is 103 Å². The molecule has 2 N–H and O–H groups in total. The van der Waals surface area contributed by atoms with Gasteiger partial charge in [0.15, 0.2) is 17.3 Å². The maximum Gasteiger partial charge on any atom is 0.198 e. The molecule has 80 valence electrons. The summed E-state index contributed by atoms with van der Waals surface area (Å²) in [6.45, 7) is 0.